The molecule has 0 aromatic heterocycles. The fraction of sp³-hybridized carbons (Fsp3) is 0.636. The number of benzene rings is 1. The third kappa shape index (κ3) is 5.58. The van der Waals surface area contributed by atoms with Crippen LogP contribution >= 0.6 is 0 Å². The normalized spacial score (nSPS) is 18.7. The Kier molecular flexibility index (Phi) is 7.95. The van der Waals surface area contributed by atoms with Crippen molar-refractivity contribution in [2.75, 3.05) is 19.7 Å². The van der Waals surface area contributed by atoms with Gasteiger partial charge < -0.3 is 4.43 Å². The second-order valence-corrected chi connectivity index (χ2v) is 16.4. The molecule has 8 nitrogen and oxygen atoms in total. The summed E-state index contributed by atoms with van der Waals surface area (Å²) in [4.78, 5) is 12.4. The van der Waals surface area contributed by atoms with Crippen molar-refractivity contribution in [1.82, 2.24) is 9.62 Å². The molecule has 178 valence electrons. The molecule has 0 aliphatic carbocycles. The van der Waals surface area contributed by atoms with E-state index in [-0.39, 0.29) is 16.5 Å². The first-order chi connectivity index (χ1) is 14.7. The van der Waals surface area contributed by atoms with Crippen molar-refractivity contribution in [3.63, 3.8) is 0 Å². The smallest absolute Gasteiger partial charge is 0.289 e. The lowest BCUT2D eigenvalue weighted by Crippen LogP contribution is -2.62. The first-order valence-electron chi connectivity index (χ1n) is 10.8. The Hall–Kier alpha value is -1.77. The van der Waals surface area contributed by atoms with Gasteiger partial charge in [0.05, 0.1) is 23.1 Å². The van der Waals surface area contributed by atoms with E-state index >= 15 is 0 Å². The van der Waals surface area contributed by atoms with Gasteiger partial charge in [0, 0.05) is 6.07 Å². The molecule has 0 radical (unpaired) electrons. The van der Waals surface area contributed by atoms with E-state index in [0.29, 0.717) is 0 Å². The second-order valence-electron chi connectivity index (χ2n) is 9.96. The predicted molar refractivity (Wildman–Crippen MR) is 128 cm³/mol. The average Bonchev–Trinajstić information content (AvgIpc) is 3.25. The fourth-order valence-corrected chi connectivity index (χ4v) is 5.99. The van der Waals surface area contributed by atoms with Crippen LogP contribution in [-0.4, -0.2) is 57.8 Å². The van der Waals surface area contributed by atoms with E-state index in [0.717, 1.165) is 25.9 Å². The molecule has 1 heterocycles. The maximum atomic E-state index is 13.3. The quantitative estimate of drug-likeness (QED) is 0.249. The molecule has 1 aromatic carbocycles. The van der Waals surface area contributed by atoms with Crippen molar-refractivity contribution in [3.05, 3.63) is 34.4 Å². The largest absolute Gasteiger partial charge is 0.415 e. The van der Waals surface area contributed by atoms with E-state index in [1.807, 2.05) is 6.92 Å². The third-order valence-corrected chi connectivity index (χ3v) is 12.8. The van der Waals surface area contributed by atoms with Crippen molar-refractivity contribution in [2.45, 2.75) is 75.1 Å². The summed E-state index contributed by atoms with van der Waals surface area (Å²) in [6.07, 6.45) is 7.92. The molecule has 32 heavy (non-hydrogen) atoms. The molecule has 1 aromatic rings. The summed E-state index contributed by atoms with van der Waals surface area (Å²) in [5.41, 5.74) is -1.43. The fourth-order valence-electron chi connectivity index (χ4n) is 3.50. The number of nitrogens with one attached hydrogen (secondary N) is 1. The lowest BCUT2D eigenvalue weighted by Gasteiger charge is -2.43. The molecule has 0 spiro atoms. The number of likely N-dealkylation sites (tertiary alicyclic amines) is 1. The summed E-state index contributed by atoms with van der Waals surface area (Å²) in [5, 5.41) is 11.4. The van der Waals surface area contributed by atoms with E-state index < -0.39 is 40.5 Å². The predicted octanol–water partition coefficient (Wildman–Crippen LogP) is 3.75. The van der Waals surface area contributed by atoms with Crippen LogP contribution < -0.4 is 4.72 Å². The van der Waals surface area contributed by atoms with Gasteiger partial charge >= 0.3 is 0 Å². The van der Waals surface area contributed by atoms with Crippen LogP contribution in [0.1, 0.15) is 40.5 Å². The van der Waals surface area contributed by atoms with Crippen molar-refractivity contribution in [1.29, 1.82) is 0 Å². The molecule has 2 atom stereocenters. The highest BCUT2D eigenvalue weighted by Gasteiger charge is 2.45. The lowest BCUT2D eigenvalue weighted by molar-refractivity contribution is -0.387. The molecule has 0 saturated carbocycles. The zero-order chi connectivity index (χ0) is 24.4. The summed E-state index contributed by atoms with van der Waals surface area (Å²) >= 11 is 0. The number of nitro benzene ring substituents is 1. The van der Waals surface area contributed by atoms with E-state index in [2.05, 4.69) is 49.4 Å². The summed E-state index contributed by atoms with van der Waals surface area (Å²) in [5.74, 6) is 2.81. The van der Waals surface area contributed by atoms with Gasteiger partial charge in [0.1, 0.15) is 0 Å². The zero-order valence-electron chi connectivity index (χ0n) is 19.8. The second kappa shape index (κ2) is 9.61. The van der Waals surface area contributed by atoms with E-state index in [1.54, 1.807) is 0 Å². The minimum Gasteiger partial charge on any atom is -0.415 e. The van der Waals surface area contributed by atoms with Gasteiger partial charge in [-0.2, -0.15) is 0 Å². The molecule has 2 rings (SSSR count). The van der Waals surface area contributed by atoms with Gasteiger partial charge in [-0.1, -0.05) is 38.8 Å². The maximum absolute atomic E-state index is 13.3. The van der Waals surface area contributed by atoms with Gasteiger partial charge in [-0.25, -0.2) is 13.1 Å². The number of sulfonamides is 1. The average molecular weight is 482 g/mol. The third-order valence-electron chi connectivity index (χ3n) is 6.80. The number of para-hydroxylation sites is 1. The van der Waals surface area contributed by atoms with Gasteiger partial charge in [0.15, 0.2) is 13.2 Å². The van der Waals surface area contributed by atoms with Crippen molar-refractivity contribution in [3.8, 4) is 12.3 Å². The molecule has 0 bridgehead atoms. The summed E-state index contributed by atoms with van der Waals surface area (Å²) in [6.45, 7) is 13.9. The van der Waals surface area contributed by atoms with Crippen molar-refractivity contribution < 1.29 is 17.8 Å². The van der Waals surface area contributed by atoms with Crippen LogP contribution in [0.2, 0.25) is 18.1 Å². The topological polar surface area (TPSA) is 102 Å². The number of rotatable bonds is 9. The Morgan fingerprint density at radius 2 is 1.81 bits per heavy atom. The highest BCUT2D eigenvalue weighted by Crippen LogP contribution is 2.37. The van der Waals surface area contributed by atoms with Crippen LogP contribution in [0.3, 0.4) is 0 Å². The molecule has 1 fully saturated rings. The highest BCUT2D eigenvalue weighted by molar-refractivity contribution is 7.89. The Morgan fingerprint density at radius 1 is 1.25 bits per heavy atom. The molecule has 1 N–H and O–H groups in total. The van der Waals surface area contributed by atoms with Crippen LogP contribution in [0.15, 0.2) is 29.2 Å². The number of terminal acetylenes is 1. The van der Waals surface area contributed by atoms with Crippen LogP contribution in [0.4, 0.5) is 5.69 Å². The van der Waals surface area contributed by atoms with Crippen LogP contribution in [0, 0.1) is 22.5 Å². The molecule has 1 aliphatic rings. The summed E-state index contributed by atoms with van der Waals surface area (Å²) in [7, 11) is -6.45. The lowest BCUT2D eigenvalue weighted by atomic mass is 9.92. The SMILES string of the molecule is C#C[C@@](C)([C@@H](CO[Si](C)(C)C(C)(C)C)NS(=O)(=O)c1ccccc1[N+](=O)[O-])N1CCCC1. The number of nitro groups is 1. The molecule has 0 amide bonds. The van der Waals surface area contributed by atoms with Crippen LogP contribution in [0.5, 0.6) is 0 Å². The van der Waals surface area contributed by atoms with Gasteiger partial charge in [-0.05, 0) is 57.1 Å². The summed E-state index contributed by atoms with van der Waals surface area (Å²) < 4.78 is 35.7. The minimum atomic E-state index is -4.24. The molecular formula is C22H35N3O5SSi. The van der Waals surface area contributed by atoms with E-state index in [4.69, 9.17) is 10.8 Å². The number of nitrogens with zero attached hydrogens (tertiary/aromatic N) is 2. The highest BCUT2D eigenvalue weighted by atomic mass is 32.2. The van der Waals surface area contributed by atoms with Crippen LogP contribution in [-0.2, 0) is 14.4 Å². The molecule has 10 heteroatoms. The van der Waals surface area contributed by atoms with Crippen molar-refractivity contribution in [2.24, 2.45) is 0 Å². The van der Waals surface area contributed by atoms with Gasteiger partial charge in [0.2, 0.25) is 10.0 Å². The molecular weight excluding hydrogens is 446 g/mol. The monoisotopic (exact) mass is 481 g/mol. The van der Waals surface area contributed by atoms with Crippen molar-refractivity contribution >= 4 is 24.0 Å². The Labute approximate surface area is 193 Å². The first kappa shape index (κ1) is 26.5. The minimum absolute atomic E-state index is 0.0746. The summed E-state index contributed by atoms with van der Waals surface area (Å²) in [6, 6.07) is 4.52. The number of hydrogen-bond donors (Lipinski definition) is 1. The van der Waals surface area contributed by atoms with Gasteiger partial charge in [-0.3, -0.25) is 15.0 Å². The molecule has 1 saturated heterocycles. The Balaban J connectivity index is 2.47. The zero-order valence-corrected chi connectivity index (χ0v) is 21.7. The van der Waals surface area contributed by atoms with Crippen LogP contribution in [0.25, 0.3) is 0 Å². The van der Waals surface area contributed by atoms with Gasteiger partial charge in [0.25, 0.3) is 5.69 Å². The maximum Gasteiger partial charge on any atom is 0.289 e. The first-order valence-corrected chi connectivity index (χ1v) is 15.2. The Bertz CT molecular complexity index is 978. The van der Waals surface area contributed by atoms with Gasteiger partial charge in [-0.15, -0.1) is 6.42 Å². The number of hydrogen-bond acceptors (Lipinski definition) is 6. The molecule has 1 aliphatic heterocycles. The van der Waals surface area contributed by atoms with E-state index in [1.165, 1.54) is 24.3 Å². The standard InChI is InChI=1S/C22H35N3O5SSi/c1-8-22(5,24-15-11-12-16-24)20(17-30-32(6,7)21(2,3)4)23-31(28,29)19-14-10-9-13-18(19)25(26)27/h1,9-10,13-14,20,23H,11-12,15-17H2,2-7H3/t20-,22+/m1/s1. The van der Waals surface area contributed by atoms with E-state index in [9.17, 15) is 18.5 Å². The molecule has 0 unspecified atom stereocenters. The Morgan fingerprint density at radius 3 is 2.31 bits per heavy atom.